The molecule has 1 aromatic rings. The second-order valence-corrected chi connectivity index (χ2v) is 2.99. The van der Waals surface area contributed by atoms with Crippen molar-refractivity contribution >= 4 is 11.8 Å². The summed E-state index contributed by atoms with van der Waals surface area (Å²) in [5.74, 6) is -0.147. The molecular formula is C9H15N3O2. The van der Waals surface area contributed by atoms with Crippen molar-refractivity contribution < 1.29 is 9.90 Å². The van der Waals surface area contributed by atoms with Gasteiger partial charge < -0.3 is 10.0 Å². The third-order valence-corrected chi connectivity index (χ3v) is 2.16. The van der Waals surface area contributed by atoms with Gasteiger partial charge in [0.25, 0.3) is 0 Å². The molecule has 0 bridgehead atoms. The van der Waals surface area contributed by atoms with Crippen molar-refractivity contribution in [1.82, 2.24) is 9.78 Å². The number of hydrogen-bond donors (Lipinski definition) is 1. The summed E-state index contributed by atoms with van der Waals surface area (Å²) in [6.07, 6.45) is 0. The molecule has 1 rings (SSSR count). The highest BCUT2D eigenvalue weighted by Gasteiger charge is 2.13. The van der Waals surface area contributed by atoms with Gasteiger partial charge in [-0.15, -0.1) is 0 Å². The molecule has 1 aromatic heterocycles. The van der Waals surface area contributed by atoms with Crippen molar-refractivity contribution in [2.24, 2.45) is 7.05 Å². The van der Waals surface area contributed by atoms with Crippen LogP contribution in [-0.4, -0.2) is 33.9 Å². The number of aromatic carboxylic acids is 1. The number of aryl methyl sites for hydroxylation is 1. The summed E-state index contributed by atoms with van der Waals surface area (Å²) in [4.78, 5) is 12.7. The minimum Gasteiger partial charge on any atom is -0.476 e. The number of carbonyl (C=O) groups is 1. The molecule has 0 aliphatic carbocycles. The molecule has 0 aliphatic rings. The molecule has 1 heterocycles. The van der Waals surface area contributed by atoms with Gasteiger partial charge in [0, 0.05) is 26.2 Å². The molecule has 5 nitrogen and oxygen atoms in total. The Morgan fingerprint density at radius 1 is 1.57 bits per heavy atom. The van der Waals surface area contributed by atoms with E-state index in [1.165, 1.54) is 0 Å². The Labute approximate surface area is 82.9 Å². The summed E-state index contributed by atoms with van der Waals surface area (Å²) in [6.45, 7) is 5.73. The summed E-state index contributed by atoms with van der Waals surface area (Å²) in [5.41, 5.74) is 0.0920. The first-order valence-electron chi connectivity index (χ1n) is 4.62. The summed E-state index contributed by atoms with van der Waals surface area (Å²) in [6, 6.07) is 1.59. The highest BCUT2D eigenvalue weighted by Crippen LogP contribution is 2.14. The van der Waals surface area contributed by atoms with Gasteiger partial charge in [-0.1, -0.05) is 0 Å². The highest BCUT2D eigenvalue weighted by atomic mass is 16.4. The van der Waals surface area contributed by atoms with Gasteiger partial charge in [-0.3, -0.25) is 4.68 Å². The number of nitrogens with zero attached hydrogens (tertiary/aromatic N) is 3. The third-order valence-electron chi connectivity index (χ3n) is 2.16. The average Bonchev–Trinajstić information content (AvgIpc) is 2.51. The summed E-state index contributed by atoms with van der Waals surface area (Å²) >= 11 is 0. The Morgan fingerprint density at radius 3 is 2.50 bits per heavy atom. The van der Waals surface area contributed by atoms with Crippen LogP contribution >= 0.6 is 0 Å². The lowest BCUT2D eigenvalue weighted by molar-refractivity contribution is 0.0689. The molecule has 0 atom stereocenters. The molecule has 0 aliphatic heterocycles. The minimum atomic E-state index is -0.987. The number of rotatable bonds is 4. The van der Waals surface area contributed by atoms with E-state index in [0.717, 1.165) is 18.9 Å². The van der Waals surface area contributed by atoms with E-state index < -0.39 is 5.97 Å². The van der Waals surface area contributed by atoms with E-state index in [9.17, 15) is 4.79 Å². The lowest BCUT2D eigenvalue weighted by Crippen LogP contribution is -2.24. The maximum Gasteiger partial charge on any atom is 0.356 e. The van der Waals surface area contributed by atoms with Crippen molar-refractivity contribution in [3.63, 3.8) is 0 Å². The maximum atomic E-state index is 10.7. The molecule has 0 saturated carbocycles. The molecular weight excluding hydrogens is 182 g/mol. The topological polar surface area (TPSA) is 58.4 Å². The van der Waals surface area contributed by atoms with Crippen molar-refractivity contribution in [3.05, 3.63) is 11.8 Å². The zero-order valence-corrected chi connectivity index (χ0v) is 8.69. The fraction of sp³-hybridized carbons (Fsp3) is 0.556. The monoisotopic (exact) mass is 197 g/mol. The fourth-order valence-corrected chi connectivity index (χ4v) is 1.41. The SMILES string of the molecule is CCN(CC)c1cc(C(=O)O)nn1C. The van der Waals surface area contributed by atoms with E-state index in [0.29, 0.717) is 0 Å². The van der Waals surface area contributed by atoms with Crippen LogP contribution in [0.4, 0.5) is 5.82 Å². The van der Waals surface area contributed by atoms with Crippen LogP contribution in [0.5, 0.6) is 0 Å². The maximum absolute atomic E-state index is 10.7. The van der Waals surface area contributed by atoms with Crippen LogP contribution in [0, 0.1) is 0 Å². The van der Waals surface area contributed by atoms with Crippen LogP contribution < -0.4 is 4.90 Å². The van der Waals surface area contributed by atoms with E-state index in [4.69, 9.17) is 5.11 Å². The van der Waals surface area contributed by atoms with Crippen molar-refractivity contribution in [2.75, 3.05) is 18.0 Å². The lowest BCUT2D eigenvalue weighted by Gasteiger charge is -2.19. The molecule has 5 heteroatoms. The normalized spacial score (nSPS) is 10.2. The van der Waals surface area contributed by atoms with Gasteiger partial charge in [-0.2, -0.15) is 5.10 Å². The van der Waals surface area contributed by atoms with Gasteiger partial charge >= 0.3 is 5.97 Å². The van der Waals surface area contributed by atoms with Crippen LogP contribution in [0.3, 0.4) is 0 Å². The van der Waals surface area contributed by atoms with E-state index in [-0.39, 0.29) is 5.69 Å². The summed E-state index contributed by atoms with van der Waals surface area (Å²) < 4.78 is 1.59. The van der Waals surface area contributed by atoms with Crippen molar-refractivity contribution in [3.8, 4) is 0 Å². The Bertz CT molecular complexity index is 329. The lowest BCUT2D eigenvalue weighted by atomic mass is 10.4. The van der Waals surface area contributed by atoms with Gasteiger partial charge in [0.05, 0.1) is 0 Å². The van der Waals surface area contributed by atoms with Gasteiger partial charge in [-0.05, 0) is 13.8 Å². The summed E-state index contributed by atoms with van der Waals surface area (Å²) in [7, 11) is 1.75. The van der Waals surface area contributed by atoms with E-state index >= 15 is 0 Å². The first-order valence-corrected chi connectivity index (χ1v) is 4.62. The molecule has 0 radical (unpaired) electrons. The zero-order chi connectivity index (χ0) is 10.7. The number of anilines is 1. The molecule has 0 aromatic carbocycles. The van der Waals surface area contributed by atoms with Crippen LogP contribution in [0.2, 0.25) is 0 Å². The number of carboxylic acid groups (broad SMARTS) is 1. The Hall–Kier alpha value is -1.52. The number of hydrogen-bond acceptors (Lipinski definition) is 3. The van der Waals surface area contributed by atoms with Gasteiger partial charge in [-0.25, -0.2) is 4.79 Å². The minimum absolute atomic E-state index is 0.0920. The molecule has 1 N–H and O–H groups in total. The third kappa shape index (κ3) is 1.86. The smallest absolute Gasteiger partial charge is 0.356 e. The van der Waals surface area contributed by atoms with Crippen LogP contribution in [-0.2, 0) is 7.05 Å². The van der Waals surface area contributed by atoms with Gasteiger partial charge in [0.2, 0.25) is 0 Å². The Kier molecular flexibility index (Phi) is 3.11. The predicted molar refractivity (Wildman–Crippen MR) is 53.7 cm³/mol. The van der Waals surface area contributed by atoms with Crippen LogP contribution in [0.15, 0.2) is 6.07 Å². The Balaban J connectivity index is 3.02. The number of carboxylic acids is 1. The standard InChI is InChI=1S/C9H15N3O2/c1-4-12(5-2)8-6-7(9(13)14)10-11(8)3/h6H,4-5H2,1-3H3,(H,13,14). The van der Waals surface area contributed by atoms with E-state index in [1.54, 1.807) is 17.8 Å². The second kappa shape index (κ2) is 4.13. The highest BCUT2D eigenvalue weighted by molar-refractivity contribution is 5.86. The number of aromatic nitrogens is 2. The molecule has 0 amide bonds. The van der Waals surface area contributed by atoms with Gasteiger partial charge in [0.15, 0.2) is 5.69 Å². The first kappa shape index (κ1) is 10.6. The summed E-state index contributed by atoms with van der Waals surface area (Å²) in [5, 5.41) is 12.7. The van der Waals surface area contributed by atoms with Crippen LogP contribution in [0.25, 0.3) is 0 Å². The second-order valence-electron chi connectivity index (χ2n) is 2.99. The molecule has 14 heavy (non-hydrogen) atoms. The molecule has 0 unspecified atom stereocenters. The molecule has 0 saturated heterocycles. The largest absolute Gasteiger partial charge is 0.476 e. The van der Waals surface area contributed by atoms with E-state index in [1.807, 2.05) is 13.8 Å². The fourth-order valence-electron chi connectivity index (χ4n) is 1.41. The predicted octanol–water partition coefficient (Wildman–Crippen LogP) is 0.964. The first-order chi connectivity index (χ1) is 6.60. The van der Waals surface area contributed by atoms with Gasteiger partial charge in [0.1, 0.15) is 5.82 Å². The quantitative estimate of drug-likeness (QED) is 0.781. The molecule has 0 spiro atoms. The van der Waals surface area contributed by atoms with Crippen molar-refractivity contribution in [2.45, 2.75) is 13.8 Å². The Morgan fingerprint density at radius 2 is 2.14 bits per heavy atom. The van der Waals surface area contributed by atoms with Crippen molar-refractivity contribution in [1.29, 1.82) is 0 Å². The molecule has 0 fully saturated rings. The molecule has 78 valence electrons. The van der Waals surface area contributed by atoms with E-state index in [2.05, 4.69) is 10.00 Å². The average molecular weight is 197 g/mol. The zero-order valence-electron chi connectivity index (χ0n) is 8.69. The van der Waals surface area contributed by atoms with Crippen LogP contribution in [0.1, 0.15) is 24.3 Å².